The zero-order valence-electron chi connectivity index (χ0n) is 8.71. The van der Waals surface area contributed by atoms with Gasteiger partial charge in [0.25, 0.3) is 0 Å². The van der Waals surface area contributed by atoms with Crippen molar-refractivity contribution in [2.75, 3.05) is 0 Å². The number of aldehydes is 1. The highest BCUT2D eigenvalue weighted by Crippen LogP contribution is 2.09. The predicted octanol–water partition coefficient (Wildman–Crippen LogP) is 1.70. The number of furan rings is 1. The number of carbonyl (C=O) groups excluding carboxylic acids is 2. The van der Waals surface area contributed by atoms with Crippen molar-refractivity contribution >= 4 is 12.2 Å². The highest BCUT2D eigenvalue weighted by Gasteiger charge is 2.09. The van der Waals surface area contributed by atoms with Crippen LogP contribution in [0.3, 0.4) is 0 Å². The van der Waals surface area contributed by atoms with Crippen LogP contribution in [0.1, 0.15) is 17.0 Å². The molecule has 1 aromatic rings. The Morgan fingerprint density at radius 1 is 1.50 bits per heavy atom. The Hall–Kier alpha value is -2.10. The molecule has 0 fully saturated rings. The first-order chi connectivity index (χ1) is 7.74. The number of hydrogen-bond acceptors (Lipinski definition) is 3. The zero-order valence-corrected chi connectivity index (χ0v) is 8.71. The van der Waals surface area contributed by atoms with Gasteiger partial charge in [0.15, 0.2) is 12.0 Å². The Balaban J connectivity index is 0.000000165. The van der Waals surface area contributed by atoms with Crippen molar-refractivity contribution in [2.45, 2.75) is 6.42 Å². The van der Waals surface area contributed by atoms with Crippen LogP contribution >= 0.6 is 0 Å². The summed E-state index contributed by atoms with van der Waals surface area (Å²) in [6.45, 7) is 0. The number of hydrogen-bond donors (Lipinski definition) is 1. The van der Waals surface area contributed by atoms with Gasteiger partial charge in [-0.2, -0.15) is 0 Å². The second-order valence-electron chi connectivity index (χ2n) is 3.19. The second-order valence-corrected chi connectivity index (χ2v) is 3.19. The molecule has 1 heterocycles. The molecular formula is C12H13NO3. The molecule has 1 unspecified atom stereocenters. The monoisotopic (exact) mass is 219 g/mol. The molecule has 1 aliphatic carbocycles. The fourth-order valence-electron chi connectivity index (χ4n) is 1.15. The molecular weight excluding hydrogens is 206 g/mol. The van der Waals surface area contributed by atoms with E-state index in [0.717, 1.165) is 6.42 Å². The maximum Gasteiger partial charge on any atom is 0.224 e. The highest BCUT2D eigenvalue weighted by atomic mass is 16.3. The van der Waals surface area contributed by atoms with Gasteiger partial charge < -0.3 is 10.2 Å². The SMILES string of the molecule is NC(=O)C1C=CC=CC1.O=Cc1ccco1. The lowest BCUT2D eigenvalue weighted by molar-refractivity contribution is -0.120. The lowest BCUT2D eigenvalue weighted by Gasteiger charge is -2.06. The van der Waals surface area contributed by atoms with Crippen LogP contribution in [0.4, 0.5) is 0 Å². The van der Waals surface area contributed by atoms with Crippen LogP contribution < -0.4 is 5.73 Å². The molecule has 0 radical (unpaired) electrons. The molecule has 2 N–H and O–H groups in total. The minimum Gasteiger partial charge on any atom is -0.462 e. The van der Waals surface area contributed by atoms with Gasteiger partial charge in [-0.15, -0.1) is 0 Å². The van der Waals surface area contributed by atoms with E-state index in [9.17, 15) is 9.59 Å². The fraction of sp³-hybridized carbons (Fsp3) is 0.167. The van der Waals surface area contributed by atoms with Gasteiger partial charge in [-0.05, 0) is 18.6 Å². The van der Waals surface area contributed by atoms with Crippen LogP contribution in [-0.4, -0.2) is 12.2 Å². The number of primary amides is 1. The third kappa shape index (κ3) is 3.96. The molecule has 0 saturated heterocycles. The Bertz CT molecular complexity index is 390. The molecule has 84 valence electrons. The van der Waals surface area contributed by atoms with Crippen molar-refractivity contribution in [3.63, 3.8) is 0 Å². The van der Waals surface area contributed by atoms with Gasteiger partial charge >= 0.3 is 0 Å². The molecule has 0 aliphatic heterocycles. The summed E-state index contributed by atoms with van der Waals surface area (Å²) in [7, 11) is 0. The number of carbonyl (C=O) groups is 2. The molecule has 4 nitrogen and oxygen atoms in total. The van der Waals surface area contributed by atoms with Gasteiger partial charge in [0.05, 0.1) is 12.2 Å². The number of nitrogens with two attached hydrogens (primary N) is 1. The Kier molecular flexibility index (Phi) is 4.79. The van der Waals surface area contributed by atoms with E-state index < -0.39 is 0 Å². The van der Waals surface area contributed by atoms with E-state index in [4.69, 9.17) is 5.73 Å². The summed E-state index contributed by atoms with van der Waals surface area (Å²) in [6.07, 6.45) is 10.4. The summed E-state index contributed by atoms with van der Waals surface area (Å²) >= 11 is 0. The van der Waals surface area contributed by atoms with Gasteiger partial charge in [-0.25, -0.2) is 0 Å². The smallest absolute Gasteiger partial charge is 0.224 e. The summed E-state index contributed by atoms with van der Waals surface area (Å²) in [5.74, 6) is 0.0607. The largest absolute Gasteiger partial charge is 0.462 e. The minimum atomic E-state index is -0.240. The predicted molar refractivity (Wildman–Crippen MR) is 59.7 cm³/mol. The maximum atomic E-state index is 10.5. The molecule has 0 bridgehead atoms. The summed E-state index contributed by atoms with van der Waals surface area (Å²) < 4.78 is 4.61. The third-order valence-electron chi connectivity index (χ3n) is 2.01. The molecule has 2 rings (SSSR count). The van der Waals surface area contributed by atoms with Gasteiger partial charge in [0, 0.05) is 0 Å². The lowest BCUT2D eigenvalue weighted by atomic mass is 10.0. The van der Waals surface area contributed by atoms with E-state index in [0.29, 0.717) is 12.0 Å². The molecule has 0 saturated carbocycles. The normalized spacial score (nSPS) is 17.4. The van der Waals surface area contributed by atoms with Crippen LogP contribution in [0.5, 0.6) is 0 Å². The van der Waals surface area contributed by atoms with Crippen LogP contribution in [0.25, 0.3) is 0 Å². The Morgan fingerprint density at radius 2 is 2.31 bits per heavy atom. The topological polar surface area (TPSA) is 73.3 Å². The summed E-state index contributed by atoms with van der Waals surface area (Å²) in [4.78, 5) is 20.3. The number of rotatable bonds is 2. The summed E-state index contributed by atoms with van der Waals surface area (Å²) in [5.41, 5.74) is 5.04. The van der Waals surface area contributed by atoms with Crippen molar-refractivity contribution in [1.29, 1.82) is 0 Å². The van der Waals surface area contributed by atoms with Gasteiger partial charge in [-0.1, -0.05) is 24.3 Å². The molecule has 4 heteroatoms. The lowest BCUT2D eigenvalue weighted by Crippen LogP contribution is -2.21. The molecule has 1 atom stereocenters. The summed E-state index contributed by atoms with van der Waals surface area (Å²) in [5, 5.41) is 0. The Morgan fingerprint density at radius 3 is 2.62 bits per heavy atom. The standard InChI is InChI=1S/C7H9NO.C5H4O2/c8-7(9)6-4-2-1-3-5-6;6-4-5-2-1-3-7-5/h1-4,6H,5H2,(H2,8,9);1-4H. The fourth-order valence-corrected chi connectivity index (χ4v) is 1.15. The Labute approximate surface area is 93.4 Å². The molecule has 1 aromatic heterocycles. The van der Waals surface area contributed by atoms with Crippen molar-refractivity contribution in [1.82, 2.24) is 0 Å². The zero-order chi connectivity index (χ0) is 11.8. The average Bonchev–Trinajstić information content (AvgIpc) is 2.84. The van der Waals surface area contributed by atoms with E-state index in [-0.39, 0.29) is 11.8 Å². The second kappa shape index (κ2) is 6.40. The molecule has 0 aromatic carbocycles. The first kappa shape index (κ1) is 12.0. The van der Waals surface area contributed by atoms with Gasteiger partial charge in [-0.3, -0.25) is 9.59 Å². The van der Waals surface area contributed by atoms with Crippen molar-refractivity contribution < 1.29 is 14.0 Å². The number of allylic oxidation sites excluding steroid dienone is 3. The number of amides is 1. The average molecular weight is 219 g/mol. The quantitative estimate of drug-likeness (QED) is 0.769. The highest BCUT2D eigenvalue weighted by molar-refractivity contribution is 5.79. The van der Waals surface area contributed by atoms with Crippen molar-refractivity contribution in [3.05, 3.63) is 48.5 Å². The minimum absolute atomic E-state index is 0.0741. The van der Waals surface area contributed by atoms with E-state index in [1.54, 1.807) is 12.1 Å². The van der Waals surface area contributed by atoms with Gasteiger partial charge in [0.1, 0.15) is 0 Å². The first-order valence-electron chi connectivity index (χ1n) is 4.85. The first-order valence-corrected chi connectivity index (χ1v) is 4.85. The van der Waals surface area contributed by atoms with Crippen LogP contribution in [0, 0.1) is 5.92 Å². The van der Waals surface area contributed by atoms with Crippen LogP contribution in [-0.2, 0) is 4.79 Å². The maximum absolute atomic E-state index is 10.5. The van der Waals surface area contributed by atoms with Crippen molar-refractivity contribution in [2.24, 2.45) is 11.7 Å². The van der Waals surface area contributed by atoms with Gasteiger partial charge in [0.2, 0.25) is 5.91 Å². The summed E-state index contributed by atoms with van der Waals surface area (Å²) in [6, 6.07) is 3.27. The van der Waals surface area contributed by atoms with E-state index >= 15 is 0 Å². The van der Waals surface area contributed by atoms with E-state index in [1.807, 2.05) is 24.3 Å². The third-order valence-corrected chi connectivity index (χ3v) is 2.01. The molecule has 1 aliphatic rings. The van der Waals surface area contributed by atoms with Crippen molar-refractivity contribution in [3.8, 4) is 0 Å². The molecule has 1 amide bonds. The molecule has 16 heavy (non-hydrogen) atoms. The van der Waals surface area contributed by atoms with E-state index in [1.165, 1.54) is 6.26 Å². The van der Waals surface area contributed by atoms with Crippen LogP contribution in [0.2, 0.25) is 0 Å². The van der Waals surface area contributed by atoms with Crippen LogP contribution in [0.15, 0.2) is 47.1 Å². The molecule has 0 spiro atoms. The van der Waals surface area contributed by atoms with E-state index in [2.05, 4.69) is 4.42 Å².